The maximum atomic E-state index is 13.4. The molecule has 1 aliphatic heterocycles. The molecule has 0 unspecified atom stereocenters. The molecule has 2 rings (SSSR count). The fourth-order valence-electron chi connectivity index (χ4n) is 2.30. The zero-order valence-corrected chi connectivity index (χ0v) is 12.5. The summed E-state index contributed by atoms with van der Waals surface area (Å²) in [6.45, 7) is 2.17. The van der Waals surface area contributed by atoms with Crippen molar-refractivity contribution in [1.82, 2.24) is 10.2 Å². The number of carbonyl (C=O) groups excluding carboxylic acids is 1. The molecule has 22 heavy (non-hydrogen) atoms. The summed E-state index contributed by atoms with van der Waals surface area (Å²) < 4.78 is 31.9. The minimum absolute atomic E-state index is 0.315. The molecular formula is C16H18F2N2O2. The van der Waals surface area contributed by atoms with Crippen LogP contribution in [0, 0.1) is 24.0 Å². The topological polar surface area (TPSA) is 41.6 Å². The Labute approximate surface area is 128 Å². The molecule has 1 saturated heterocycles. The van der Waals surface area contributed by atoms with E-state index in [4.69, 9.17) is 11.2 Å². The predicted octanol–water partition coefficient (Wildman–Crippen LogP) is 2.46. The Bertz CT molecular complexity index is 600. The van der Waals surface area contributed by atoms with Crippen molar-refractivity contribution in [2.75, 3.05) is 13.7 Å². The summed E-state index contributed by atoms with van der Waals surface area (Å²) >= 11 is 0. The van der Waals surface area contributed by atoms with Gasteiger partial charge in [-0.05, 0) is 31.0 Å². The normalized spacial score (nSPS) is 22.0. The smallest absolute Gasteiger partial charge is 0.318 e. The van der Waals surface area contributed by atoms with Crippen LogP contribution in [0.3, 0.4) is 0 Å². The SMILES string of the molecule is C#C[C@H](C)N(C)C(=O)N[C@@H]1CCO[C@H]1c1ccc(F)c(F)c1. The van der Waals surface area contributed by atoms with E-state index in [9.17, 15) is 13.6 Å². The highest BCUT2D eigenvalue weighted by Gasteiger charge is 2.32. The van der Waals surface area contributed by atoms with Crippen LogP contribution >= 0.6 is 0 Å². The molecular weight excluding hydrogens is 290 g/mol. The van der Waals surface area contributed by atoms with E-state index in [1.807, 2.05) is 0 Å². The number of urea groups is 1. The number of amides is 2. The minimum Gasteiger partial charge on any atom is -0.371 e. The molecule has 1 aliphatic rings. The lowest BCUT2D eigenvalue weighted by Crippen LogP contribution is -2.47. The maximum absolute atomic E-state index is 13.4. The van der Waals surface area contributed by atoms with Crippen LogP contribution in [0.4, 0.5) is 13.6 Å². The zero-order chi connectivity index (χ0) is 16.3. The van der Waals surface area contributed by atoms with E-state index in [-0.39, 0.29) is 18.1 Å². The number of benzene rings is 1. The van der Waals surface area contributed by atoms with Crippen LogP contribution in [0.25, 0.3) is 0 Å². The third-order valence-corrected chi connectivity index (χ3v) is 3.82. The lowest BCUT2D eigenvalue weighted by atomic mass is 10.0. The van der Waals surface area contributed by atoms with Crippen LogP contribution < -0.4 is 5.32 Å². The van der Waals surface area contributed by atoms with Crippen LogP contribution in [-0.4, -0.2) is 36.7 Å². The average Bonchev–Trinajstić information content (AvgIpc) is 2.96. The molecule has 0 radical (unpaired) electrons. The number of halogens is 2. The second-order valence-corrected chi connectivity index (χ2v) is 5.26. The van der Waals surface area contributed by atoms with E-state index >= 15 is 0 Å². The molecule has 1 heterocycles. The first-order valence-corrected chi connectivity index (χ1v) is 7.00. The monoisotopic (exact) mass is 308 g/mol. The molecule has 118 valence electrons. The minimum atomic E-state index is -0.934. The van der Waals surface area contributed by atoms with Gasteiger partial charge in [0.1, 0.15) is 6.10 Å². The largest absolute Gasteiger partial charge is 0.371 e. The third kappa shape index (κ3) is 3.37. The number of nitrogens with zero attached hydrogens (tertiary/aromatic N) is 1. The van der Waals surface area contributed by atoms with Crippen LogP contribution in [0.15, 0.2) is 18.2 Å². The second-order valence-electron chi connectivity index (χ2n) is 5.26. The fraction of sp³-hybridized carbons (Fsp3) is 0.438. The number of nitrogens with one attached hydrogen (secondary N) is 1. The van der Waals surface area contributed by atoms with Gasteiger partial charge in [-0.3, -0.25) is 0 Å². The van der Waals surface area contributed by atoms with Gasteiger partial charge in [0, 0.05) is 13.7 Å². The first kappa shape index (κ1) is 16.2. The molecule has 1 fully saturated rings. The van der Waals surface area contributed by atoms with Gasteiger partial charge in [0.25, 0.3) is 0 Å². The standard InChI is InChI=1S/C16H18F2N2O2/c1-4-10(2)20(3)16(21)19-14-7-8-22-15(14)11-5-6-12(17)13(18)9-11/h1,5-6,9-10,14-15H,7-8H2,2-3H3,(H,19,21)/t10-,14+,15-/m0/s1. The summed E-state index contributed by atoms with van der Waals surface area (Å²) in [6.07, 6.45) is 5.38. The van der Waals surface area contributed by atoms with E-state index in [1.54, 1.807) is 14.0 Å². The summed E-state index contributed by atoms with van der Waals surface area (Å²) in [5.74, 6) is 0.623. The van der Waals surface area contributed by atoms with Gasteiger partial charge >= 0.3 is 6.03 Å². The van der Waals surface area contributed by atoms with Gasteiger partial charge in [-0.2, -0.15) is 0 Å². The summed E-state index contributed by atoms with van der Waals surface area (Å²) in [5, 5.41) is 2.83. The summed E-state index contributed by atoms with van der Waals surface area (Å²) in [4.78, 5) is 13.5. The molecule has 3 atom stereocenters. The van der Waals surface area contributed by atoms with Crippen molar-refractivity contribution in [3.63, 3.8) is 0 Å². The second kappa shape index (κ2) is 6.75. The third-order valence-electron chi connectivity index (χ3n) is 3.82. The molecule has 0 aliphatic carbocycles. The van der Waals surface area contributed by atoms with Crippen LogP contribution in [-0.2, 0) is 4.74 Å². The molecule has 1 N–H and O–H groups in total. The van der Waals surface area contributed by atoms with Gasteiger partial charge in [0.05, 0.1) is 12.1 Å². The Kier molecular flexibility index (Phi) is 4.99. The Morgan fingerprint density at radius 2 is 2.23 bits per heavy atom. The van der Waals surface area contributed by atoms with Crippen molar-refractivity contribution in [2.24, 2.45) is 0 Å². The Balaban J connectivity index is 2.09. The predicted molar refractivity (Wildman–Crippen MR) is 78.0 cm³/mol. The number of carbonyl (C=O) groups is 1. The van der Waals surface area contributed by atoms with E-state index in [0.29, 0.717) is 18.6 Å². The average molecular weight is 308 g/mol. The summed E-state index contributed by atoms with van der Waals surface area (Å²) in [5.41, 5.74) is 0.495. The Morgan fingerprint density at radius 1 is 1.50 bits per heavy atom. The quantitative estimate of drug-likeness (QED) is 0.872. The Hall–Kier alpha value is -2.13. The molecule has 6 heteroatoms. The molecule has 1 aromatic carbocycles. The van der Waals surface area contributed by atoms with Gasteiger partial charge in [0.15, 0.2) is 11.6 Å². The Morgan fingerprint density at radius 3 is 2.86 bits per heavy atom. The fourth-order valence-corrected chi connectivity index (χ4v) is 2.30. The molecule has 1 aromatic rings. The van der Waals surface area contributed by atoms with Crippen molar-refractivity contribution in [3.05, 3.63) is 35.4 Å². The molecule has 0 bridgehead atoms. The van der Waals surface area contributed by atoms with Crippen molar-refractivity contribution >= 4 is 6.03 Å². The first-order valence-electron chi connectivity index (χ1n) is 7.00. The highest BCUT2D eigenvalue weighted by atomic mass is 19.2. The van der Waals surface area contributed by atoms with E-state index in [0.717, 1.165) is 12.1 Å². The molecule has 0 saturated carbocycles. The lowest BCUT2D eigenvalue weighted by Gasteiger charge is -2.26. The van der Waals surface area contributed by atoms with Crippen molar-refractivity contribution < 1.29 is 18.3 Å². The van der Waals surface area contributed by atoms with Crippen molar-refractivity contribution in [3.8, 4) is 12.3 Å². The lowest BCUT2D eigenvalue weighted by molar-refractivity contribution is 0.0979. The first-order chi connectivity index (χ1) is 10.4. The number of terminal acetylenes is 1. The van der Waals surface area contributed by atoms with Gasteiger partial charge in [0.2, 0.25) is 0 Å². The molecule has 2 amide bonds. The van der Waals surface area contributed by atoms with E-state index in [1.165, 1.54) is 11.0 Å². The van der Waals surface area contributed by atoms with Gasteiger partial charge in [-0.15, -0.1) is 6.42 Å². The summed E-state index contributed by atoms with van der Waals surface area (Å²) in [6, 6.07) is 2.62. The van der Waals surface area contributed by atoms with E-state index in [2.05, 4.69) is 11.2 Å². The van der Waals surface area contributed by atoms with Crippen LogP contribution in [0.1, 0.15) is 25.0 Å². The van der Waals surface area contributed by atoms with Crippen molar-refractivity contribution in [1.29, 1.82) is 0 Å². The maximum Gasteiger partial charge on any atom is 0.318 e. The van der Waals surface area contributed by atoms with Crippen molar-refractivity contribution in [2.45, 2.75) is 31.5 Å². The highest BCUT2D eigenvalue weighted by molar-refractivity contribution is 5.75. The van der Waals surface area contributed by atoms with Crippen LogP contribution in [0.2, 0.25) is 0 Å². The zero-order valence-electron chi connectivity index (χ0n) is 12.5. The van der Waals surface area contributed by atoms with Gasteiger partial charge < -0.3 is 15.0 Å². The number of rotatable bonds is 3. The summed E-state index contributed by atoms with van der Waals surface area (Å²) in [7, 11) is 1.60. The van der Waals surface area contributed by atoms with E-state index < -0.39 is 17.7 Å². The molecule has 0 spiro atoms. The number of hydrogen-bond donors (Lipinski definition) is 1. The van der Waals surface area contributed by atoms with Gasteiger partial charge in [-0.25, -0.2) is 13.6 Å². The number of hydrogen-bond acceptors (Lipinski definition) is 2. The molecule has 0 aromatic heterocycles. The highest BCUT2D eigenvalue weighted by Crippen LogP contribution is 2.30. The molecule has 4 nitrogen and oxygen atoms in total. The van der Waals surface area contributed by atoms with Crippen LogP contribution in [0.5, 0.6) is 0 Å². The number of ether oxygens (including phenoxy) is 1. The van der Waals surface area contributed by atoms with Gasteiger partial charge in [-0.1, -0.05) is 12.0 Å².